The van der Waals surface area contributed by atoms with Crippen molar-refractivity contribution in [2.45, 2.75) is 37.8 Å². The molecule has 10 heteroatoms. The van der Waals surface area contributed by atoms with Crippen molar-refractivity contribution in [2.75, 3.05) is 0 Å². The number of benzene rings is 1. The van der Waals surface area contributed by atoms with Crippen molar-refractivity contribution in [3.05, 3.63) is 46.5 Å². The van der Waals surface area contributed by atoms with E-state index in [1.807, 2.05) is 0 Å². The van der Waals surface area contributed by atoms with Crippen LogP contribution in [0.4, 0.5) is 5.69 Å². The molecule has 0 saturated heterocycles. The number of nitro benzene ring substituents is 1. The van der Waals surface area contributed by atoms with Crippen LogP contribution in [0.15, 0.2) is 35.7 Å². The van der Waals surface area contributed by atoms with Gasteiger partial charge in [-0.05, 0) is 18.9 Å². The van der Waals surface area contributed by atoms with Gasteiger partial charge in [-0.2, -0.15) is 5.10 Å². The Kier molecular flexibility index (Phi) is 5.06. The van der Waals surface area contributed by atoms with Crippen LogP contribution in [-0.2, 0) is 23.0 Å². The van der Waals surface area contributed by atoms with E-state index in [4.69, 9.17) is 0 Å². The predicted octanol–water partition coefficient (Wildman–Crippen LogP) is 1.12. The van der Waals surface area contributed by atoms with Gasteiger partial charge in [-0.25, -0.2) is 18.1 Å². The van der Waals surface area contributed by atoms with Crippen LogP contribution >= 0.6 is 0 Å². The summed E-state index contributed by atoms with van der Waals surface area (Å²) >= 11 is 0. The van der Waals surface area contributed by atoms with E-state index in [2.05, 4.69) is 14.8 Å². The minimum atomic E-state index is -3.88. The lowest BCUT2D eigenvalue weighted by Gasteiger charge is -2.15. The molecule has 1 unspecified atom stereocenters. The summed E-state index contributed by atoms with van der Waals surface area (Å²) in [4.78, 5) is 14.0. The molecule has 0 fully saturated rings. The van der Waals surface area contributed by atoms with Gasteiger partial charge in [0.2, 0.25) is 10.0 Å². The van der Waals surface area contributed by atoms with Gasteiger partial charge < -0.3 is 0 Å². The summed E-state index contributed by atoms with van der Waals surface area (Å²) < 4.78 is 29.1. The van der Waals surface area contributed by atoms with Crippen molar-refractivity contribution in [2.24, 2.45) is 0 Å². The summed E-state index contributed by atoms with van der Waals surface area (Å²) in [5, 5.41) is 14.8. The molecule has 2 aromatic rings. The Balaban J connectivity index is 2.27. The molecule has 0 radical (unpaired) electrons. The Morgan fingerprint density at radius 3 is 2.74 bits per heavy atom. The van der Waals surface area contributed by atoms with Crippen LogP contribution in [-0.4, -0.2) is 34.1 Å². The predicted molar refractivity (Wildman–Crippen MR) is 82.3 cm³/mol. The summed E-state index contributed by atoms with van der Waals surface area (Å²) in [5.74, 6) is 0. The average Bonchev–Trinajstić information content (AvgIpc) is 2.98. The highest BCUT2D eigenvalue weighted by molar-refractivity contribution is 7.89. The molecule has 1 heterocycles. The minimum absolute atomic E-state index is 0.0698. The fourth-order valence-electron chi connectivity index (χ4n) is 2.17. The number of aromatic nitrogens is 3. The number of nitrogens with zero attached hydrogens (tertiary/aromatic N) is 4. The number of non-ortho nitro benzene ring substituents is 1. The highest BCUT2D eigenvalue weighted by atomic mass is 32.2. The van der Waals surface area contributed by atoms with Gasteiger partial charge in [-0.15, -0.1) is 0 Å². The number of sulfonamides is 1. The molecule has 124 valence electrons. The third-order valence-corrected chi connectivity index (χ3v) is 4.89. The Morgan fingerprint density at radius 1 is 1.43 bits per heavy atom. The maximum absolute atomic E-state index is 12.5. The highest BCUT2D eigenvalue weighted by Crippen LogP contribution is 2.23. The van der Waals surface area contributed by atoms with E-state index in [1.54, 1.807) is 13.8 Å². The van der Waals surface area contributed by atoms with E-state index in [1.165, 1.54) is 29.5 Å². The Labute approximate surface area is 133 Å². The molecule has 1 aromatic heterocycles. The largest absolute Gasteiger partial charge is 0.270 e. The van der Waals surface area contributed by atoms with Gasteiger partial charge in [-0.3, -0.25) is 14.8 Å². The number of nitro groups is 1. The molecule has 23 heavy (non-hydrogen) atoms. The van der Waals surface area contributed by atoms with Gasteiger partial charge in [0.25, 0.3) is 5.69 Å². The zero-order valence-electron chi connectivity index (χ0n) is 12.7. The average molecular weight is 339 g/mol. The third-order valence-electron chi connectivity index (χ3n) is 3.22. The molecule has 1 aromatic carbocycles. The summed E-state index contributed by atoms with van der Waals surface area (Å²) in [6.07, 6.45) is 3.29. The quantitative estimate of drug-likeness (QED) is 0.596. The molecular weight excluding hydrogens is 322 g/mol. The number of rotatable bonds is 7. The number of hydrogen-bond acceptors (Lipinski definition) is 6. The minimum Gasteiger partial charge on any atom is -0.258 e. The lowest BCUT2D eigenvalue weighted by atomic mass is 10.1. The second-order valence-electron chi connectivity index (χ2n) is 5.04. The second-order valence-corrected chi connectivity index (χ2v) is 6.72. The van der Waals surface area contributed by atoms with Gasteiger partial charge in [0.1, 0.15) is 12.7 Å². The first-order chi connectivity index (χ1) is 10.8. The van der Waals surface area contributed by atoms with Crippen LogP contribution in [0.2, 0.25) is 0 Å². The lowest BCUT2D eigenvalue weighted by molar-refractivity contribution is -0.385. The van der Waals surface area contributed by atoms with E-state index < -0.39 is 21.0 Å². The summed E-state index contributed by atoms with van der Waals surface area (Å²) in [6, 6.07) is 3.40. The van der Waals surface area contributed by atoms with Crippen LogP contribution in [0.1, 0.15) is 19.4 Å². The topological polar surface area (TPSA) is 120 Å². The van der Waals surface area contributed by atoms with E-state index in [-0.39, 0.29) is 10.6 Å². The van der Waals surface area contributed by atoms with Crippen LogP contribution in [0.5, 0.6) is 0 Å². The Morgan fingerprint density at radius 2 is 2.17 bits per heavy atom. The van der Waals surface area contributed by atoms with Crippen molar-refractivity contribution < 1.29 is 13.3 Å². The van der Waals surface area contributed by atoms with Crippen molar-refractivity contribution in [3.8, 4) is 0 Å². The first-order valence-electron chi connectivity index (χ1n) is 6.95. The van der Waals surface area contributed by atoms with Crippen molar-refractivity contribution in [3.63, 3.8) is 0 Å². The van der Waals surface area contributed by atoms with Crippen molar-refractivity contribution in [1.82, 2.24) is 19.5 Å². The van der Waals surface area contributed by atoms with E-state index in [0.717, 1.165) is 6.07 Å². The van der Waals surface area contributed by atoms with Crippen molar-refractivity contribution in [1.29, 1.82) is 0 Å². The van der Waals surface area contributed by atoms with E-state index >= 15 is 0 Å². The van der Waals surface area contributed by atoms with Crippen molar-refractivity contribution >= 4 is 15.7 Å². The molecule has 9 nitrogen and oxygen atoms in total. The fraction of sp³-hybridized carbons (Fsp3) is 0.385. The van der Waals surface area contributed by atoms with Gasteiger partial charge in [0.15, 0.2) is 0 Å². The van der Waals surface area contributed by atoms with Gasteiger partial charge in [-0.1, -0.05) is 13.0 Å². The van der Waals surface area contributed by atoms with E-state index in [9.17, 15) is 18.5 Å². The normalized spacial score (nSPS) is 13.0. The number of hydrogen-bond donors (Lipinski definition) is 1. The molecule has 0 bridgehead atoms. The number of nitrogens with one attached hydrogen (secondary N) is 1. The monoisotopic (exact) mass is 339 g/mol. The molecule has 0 aliphatic rings. The third kappa shape index (κ3) is 4.11. The summed E-state index contributed by atoms with van der Waals surface area (Å²) in [5.41, 5.74) is 0.266. The molecular formula is C13H17N5O4S. The first-order valence-corrected chi connectivity index (χ1v) is 8.44. The number of aryl methyl sites for hydroxylation is 1. The maximum Gasteiger partial charge on any atom is 0.270 e. The van der Waals surface area contributed by atoms with Crippen LogP contribution in [0, 0.1) is 10.1 Å². The molecule has 0 saturated carbocycles. The maximum atomic E-state index is 12.5. The van der Waals surface area contributed by atoms with E-state index in [0.29, 0.717) is 18.5 Å². The standard InChI is InChI=1S/C13H17N5O4S/c1-3-11-4-5-12(18(19)20)6-13(11)23(21,22)16-10(2)7-17-9-14-8-15-17/h4-6,8-10,16H,3,7H2,1-2H3. The lowest BCUT2D eigenvalue weighted by Crippen LogP contribution is -2.36. The summed E-state index contributed by atoms with van der Waals surface area (Å²) in [7, 11) is -3.88. The Bertz CT molecular complexity index is 789. The Hall–Kier alpha value is -2.33. The highest BCUT2D eigenvalue weighted by Gasteiger charge is 2.23. The smallest absolute Gasteiger partial charge is 0.258 e. The fourth-order valence-corrected chi connectivity index (χ4v) is 3.74. The van der Waals surface area contributed by atoms with Gasteiger partial charge in [0, 0.05) is 18.2 Å². The summed E-state index contributed by atoms with van der Waals surface area (Å²) in [6.45, 7) is 3.77. The first kappa shape index (κ1) is 17.0. The van der Waals surface area contributed by atoms with Gasteiger partial charge >= 0.3 is 0 Å². The SMILES string of the molecule is CCc1ccc([N+](=O)[O-])cc1S(=O)(=O)NC(C)Cn1cncn1. The molecule has 0 amide bonds. The zero-order chi connectivity index (χ0) is 17.0. The molecule has 2 rings (SSSR count). The zero-order valence-corrected chi connectivity index (χ0v) is 13.5. The van der Waals surface area contributed by atoms with Crippen LogP contribution in [0.3, 0.4) is 0 Å². The van der Waals surface area contributed by atoms with Crippen LogP contribution < -0.4 is 4.72 Å². The van der Waals surface area contributed by atoms with Crippen LogP contribution in [0.25, 0.3) is 0 Å². The molecule has 0 aliphatic heterocycles. The molecule has 0 aliphatic carbocycles. The molecule has 1 N–H and O–H groups in total. The molecule has 0 spiro atoms. The molecule has 1 atom stereocenters. The van der Waals surface area contributed by atoms with Gasteiger partial charge in [0.05, 0.1) is 16.4 Å². The second kappa shape index (κ2) is 6.84.